The van der Waals surface area contributed by atoms with Gasteiger partial charge in [0.1, 0.15) is 0 Å². The van der Waals surface area contributed by atoms with Crippen molar-refractivity contribution in [1.82, 2.24) is 15.5 Å². The highest BCUT2D eigenvalue weighted by Gasteiger charge is 2.18. The van der Waals surface area contributed by atoms with Crippen LogP contribution in [0.5, 0.6) is 0 Å². The first-order valence-electron chi connectivity index (χ1n) is 6.27. The van der Waals surface area contributed by atoms with E-state index in [-0.39, 0.29) is 24.1 Å². The van der Waals surface area contributed by atoms with Crippen molar-refractivity contribution >= 4 is 18.1 Å². The molecule has 8 heteroatoms. The first-order valence-corrected chi connectivity index (χ1v) is 6.27. The molecule has 2 aromatic rings. The second-order valence-electron chi connectivity index (χ2n) is 4.62. The summed E-state index contributed by atoms with van der Waals surface area (Å²) in [6.07, 6.45) is 0.633. The van der Waals surface area contributed by atoms with Crippen LogP contribution in [0.1, 0.15) is 18.3 Å². The lowest BCUT2D eigenvalue weighted by Crippen LogP contribution is -2.24. The summed E-state index contributed by atoms with van der Waals surface area (Å²) in [6, 6.07) is 5.03. The molecule has 0 aliphatic carbocycles. The fraction of sp³-hybridized carbons (Fsp3) is 0.385. The van der Waals surface area contributed by atoms with E-state index in [9.17, 15) is 10.1 Å². The first-order chi connectivity index (χ1) is 9.52. The van der Waals surface area contributed by atoms with E-state index < -0.39 is 4.92 Å². The van der Waals surface area contributed by atoms with E-state index >= 15 is 0 Å². The molecule has 1 aromatic carbocycles. The van der Waals surface area contributed by atoms with Gasteiger partial charge < -0.3 is 9.84 Å². The van der Waals surface area contributed by atoms with E-state index in [4.69, 9.17) is 4.52 Å². The molecule has 0 fully saturated rings. The van der Waals surface area contributed by atoms with E-state index in [0.717, 1.165) is 0 Å². The Balaban J connectivity index is 0.00000220. The van der Waals surface area contributed by atoms with Gasteiger partial charge in [0.15, 0.2) is 5.82 Å². The predicted molar refractivity (Wildman–Crippen MR) is 80.6 cm³/mol. The van der Waals surface area contributed by atoms with Crippen molar-refractivity contribution in [3.63, 3.8) is 0 Å². The third kappa shape index (κ3) is 3.77. The largest absolute Gasteiger partial charge is 0.334 e. The van der Waals surface area contributed by atoms with Crippen LogP contribution in [-0.4, -0.2) is 28.2 Å². The van der Waals surface area contributed by atoms with Gasteiger partial charge in [-0.3, -0.25) is 10.1 Å². The van der Waals surface area contributed by atoms with Crippen molar-refractivity contribution in [2.75, 3.05) is 7.05 Å². The maximum absolute atomic E-state index is 10.9. The van der Waals surface area contributed by atoms with Crippen LogP contribution < -0.4 is 5.32 Å². The maximum Gasteiger partial charge on any atom is 0.273 e. The molecule has 0 aliphatic rings. The normalized spacial score (nSPS) is 11.8. The van der Waals surface area contributed by atoms with E-state index in [2.05, 4.69) is 15.5 Å². The van der Waals surface area contributed by atoms with Crippen LogP contribution in [0.3, 0.4) is 0 Å². The Morgan fingerprint density at radius 3 is 2.81 bits per heavy atom. The average molecular weight is 313 g/mol. The van der Waals surface area contributed by atoms with Gasteiger partial charge >= 0.3 is 0 Å². The number of nitro groups is 1. The Kier molecular flexibility index (Phi) is 5.80. The van der Waals surface area contributed by atoms with E-state index in [0.29, 0.717) is 29.3 Å². The lowest BCUT2D eigenvalue weighted by Gasteiger charge is -2.04. The van der Waals surface area contributed by atoms with Crippen molar-refractivity contribution in [3.8, 4) is 11.5 Å². The second-order valence-corrected chi connectivity index (χ2v) is 4.62. The van der Waals surface area contributed by atoms with Crippen LogP contribution in [0.25, 0.3) is 11.5 Å². The van der Waals surface area contributed by atoms with Crippen molar-refractivity contribution in [1.29, 1.82) is 0 Å². The minimum absolute atomic E-state index is 0. The number of nitro benzene ring substituents is 1. The Bertz CT molecular complexity index is 630. The van der Waals surface area contributed by atoms with Crippen LogP contribution in [-0.2, 0) is 6.42 Å². The zero-order valence-corrected chi connectivity index (χ0v) is 12.8. The third-order valence-corrected chi connectivity index (χ3v) is 3.18. The van der Waals surface area contributed by atoms with Gasteiger partial charge in [0.2, 0.25) is 0 Å². The Morgan fingerprint density at radius 1 is 1.48 bits per heavy atom. The molecule has 0 radical (unpaired) electrons. The van der Waals surface area contributed by atoms with Crippen LogP contribution in [0.15, 0.2) is 22.7 Å². The predicted octanol–water partition coefficient (Wildman–Crippen LogP) is 2.53. The summed E-state index contributed by atoms with van der Waals surface area (Å²) in [7, 11) is 1.86. The van der Waals surface area contributed by atoms with Gasteiger partial charge in [0.05, 0.1) is 4.92 Å². The van der Waals surface area contributed by atoms with Gasteiger partial charge in [-0.1, -0.05) is 11.2 Å². The fourth-order valence-electron chi connectivity index (χ4n) is 1.88. The van der Waals surface area contributed by atoms with Crippen LogP contribution in [0.2, 0.25) is 0 Å². The standard InChI is InChI=1S/C13H16N4O3.ClH/c1-8(14-3)7-12-15-13(20-16-12)10-5-4-6-11(9(10)2)17(18)19;/h4-6,8,14H,7H2,1-3H3;1H. The highest BCUT2D eigenvalue weighted by Crippen LogP contribution is 2.28. The number of halogens is 1. The summed E-state index contributed by atoms with van der Waals surface area (Å²) < 4.78 is 5.20. The highest BCUT2D eigenvalue weighted by molar-refractivity contribution is 5.85. The maximum atomic E-state index is 10.9. The molecular formula is C13H17ClN4O3. The fourth-order valence-corrected chi connectivity index (χ4v) is 1.88. The van der Waals surface area contributed by atoms with Crippen LogP contribution in [0.4, 0.5) is 5.69 Å². The molecule has 2 rings (SSSR count). The number of hydrogen-bond donors (Lipinski definition) is 1. The molecule has 1 N–H and O–H groups in total. The smallest absolute Gasteiger partial charge is 0.273 e. The minimum atomic E-state index is -0.417. The molecule has 0 spiro atoms. The van der Waals surface area contributed by atoms with Gasteiger partial charge in [-0.25, -0.2) is 0 Å². The summed E-state index contributed by atoms with van der Waals surface area (Å²) in [4.78, 5) is 14.8. The summed E-state index contributed by atoms with van der Waals surface area (Å²) in [6.45, 7) is 3.68. The van der Waals surface area contributed by atoms with Crippen molar-refractivity contribution in [2.24, 2.45) is 0 Å². The topological polar surface area (TPSA) is 94.1 Å². The number of hydrogen-bond acceptors (Lipinski definition) is 6. The summed E-state index contributed by atoms with van der Waals surface area (Å²) in [5.41, 5.74) is 1.16. The van der Waals surface area contributed by atoms with Crippen molar-refractivity contribution in [2.45, 2.75) is 26.3 Å². The molecule has 0 saturated heterocycles. The summed E-state index contributed by atoms with van der Waals surface area (Å²) >= 11 is 0. The third-order valence-electron chi connectivity index (χ3n) is 3.18. The number of likely N-dealkylation sites (N-methyl/N-ethyl adjacent to an activating group) is 1. The quantitative estimate of drug-likeness (QED) is 0.673. The SMILES string of the molecule is CNC(C)Cc1noc(-c2cccc([N+](=O)[O-])c2C)n1.Cl. The molecule has 0 aliphatic heterocycles. The van der Waals surface area contributed by atoms with Crippen molar-refractivity contribution < 1.29 is 9.45 Å². The molecule has 114 valence electrons. The zero-order valence-electron chi connectivity index (χ0n) is 12.0. The molecule has 1 unspecified atom stereocenters. The molecule has 1 atom stereocenters. The molecule has 0 amide bonds. The lowest BCUT2D eigenvalue weighted by molar-refractivity contribution is -0.385. The second kappa shape index (κ2) is 7.14. The minimum Gasteiger partial charge on any atom is -0.334 e. The number of rotatable bonds is 5. The number of nitrogens with zero attached hydrogens (tertiary/aromatic N) is 3. The monoisotopic (exact) mass is 312 g/mol. The molecular weight excluding hydrogens is 296 g/mol. The number of nitrogens with one attached hydrogen (secondary N) is 1. The zero-order chi connectivity index (χ0) is 14.7. The van der Waals surface area contributed by atoms with E-state index in [1.165, 1.54) is 6.07 Å². The van der Waals surface area contributed by atoms with Gasteiger partial charge in [0, 0.05) is 29.7 Å². The van der Waals surface area contributed by atoms with E-state index in [1.807, 2.05) is 14.0 Å². The van der Waals surface area contributed by atoms with Crippen LogP contribution in [0, 0.1) is 17.0 Å². The first kappa shape index (κ1) is 17.1. The van der Waals surface area contributed by atoms with Crippen molar-refractivity contribution in [3.05, 3.63) is 39.7 Å². The lowest BCUT2D eigenvalue weighted by atomic mass is 10.1. The van der Waals surface area contributed by atoms with E-state index in [1.54, 1.807) is 19.1 Å². The van der Waals surface area contributed by atoms with Gasteiger partial charge in [0.25, 0.3) is 11.6 Å². The molecule has 7 nitrogen and oxygen atoms in total. The number of aromatic nitrogens is 2. The Morgan fingerprint density at radius 2 is 2.19 bits per heavy atom. The van der Waals surface area contributed by atoms with Gasteiger partial charge in [-0.15, -0.1) is 12.4 Å². The van der Waals surface area contributed by atoms with Crippen LogP contribution >= 0.6 is 12.4 Å². The van der Waals surface area contributed by atoms with Gasteiger partial charge in [-0.05, 0) is 27.0 Å². The molecule has 0 saturated carbocycles. The Labute approximate surface area is 128 Å². The average Bonchev–Trinajstić information content (AvgIpc) is 2.86. The Hall–Kier alpha value is -1.99. The molecule has 21 heavy (non-hydrogen) atoms. The highest BCUT2D eigenvalue weighted by atomic mass is 35.5. The molecule has 1 heterocycles. The summed E-state index contributed by atoms with van der Waals surface area (Å²) in [5.74, 6) is 0.886. The molecule has 0 bridgehead atoms. The number of benzene rings is 1. The molecule has 1 aromatic heterocycles. The van der Waals surface area contributed by atoms with Gasteiger partial charge in [-0.2, -0.15) is 4.98 Å². The summed E-state index contributed by atoms with van der Waals surface area (Å²) in [5, 5.41) is 17.9.